The Balaban J connectivity index is 1.38. The number of aryl methyl sites for hydroxylation is 4. The minimum Gasteiger partial charge on any atom is -0.478 e. The number of carboxylic acids is 1. The predicted molar refractivity (Wildman–Crippen MR) is 151 cm³/mol. The highest BCUT2D eigenvalue weighted by Gasteiger charge is 2.18. The number of rotatable bonds is 7. The van der Waals surface area contributed by atoms with Crippen LogP contribution < -0.4 is 0 Å². The first-order valence-electron chi connectivity index (χ1n) is 13.5. The Labute approximate surface area is 222 Å². The molecule has 192 valence electrons. The van der Waals surface area contributed by atoms with Crippen LogP contribution in [0.15, 0.2) is 66.9 Å². The Hall–Kier alpha value is -4.19. The molecule has 0 unspecified atom stereocenters. The molecule has 6 rings (SSSR count). The molecule has 0 amide bonds. The highest BCUT2D eigenvalue weighted by molar-refractivity contribution is 5.96. The molecule has 0 aliphatic carbocycles. The summed E-state index contributed by atoms with van der Waals surface area (Å²) in [6.07, 6.45) is 7.61. The third kappa shape index (κ3) is 4.40. The van der Waals surface area contributed by atoms with E-state index < -0.39 is 5.97 Å². The van der Waals surface area contributed by atoms with Gasteiger partial charge in [-0.05, 0) is 66.6 Å². The van der Waals surface area contributed by atoms with Crippen molar-refractivity contribution in [2.45, 2.75) is 59.0 Å². The van der Waals surface area contributed by atoms with Crippen molar-refractivity contribution in [2.24, 2.45) is 0 Å². The van der Waals surface area contributed by atoms with Crippen molar-refractivity contribution in [3.8, 4) is 22.4 Å². The van der Waals surface area contributed by atoms with Gasteiger partial charge in [-0.2, -0.15) is 0 Å². The van der Waals surface area contributed by atoms with Crippen LogP contribution in [0.2, 0.25) is 0 Å². The van der Waals surface area contributed by atoms with Gasteiger partial charge in [-0.15, -0.1) is 0 Å². The van der Waals surface area contributed by atoms with E-state index in [9.17, 15) is 9.90 Å². The zero-order valence-electron chi connectivity index (χ0n) is 21.9. The van der Waals surface area contributed by atoms with E-state index >= 15 is 0 Å². The van der Waals surface area contributed by atoms with Crippen molar-refractivity contribution >= 4 is 17.0 Å². The maximum Gasteiger partial charge on any atom is 0.336 e. The number of nitrogens with zero attached hydrogens (tertiary/aromatic N) is 4. The topological polar surface area (TPSA) is 72.9 Å². The first-order valence-corrected chi connectivity index (χ1v) is 13.5. The normalized spacial score (nSPS) is 13.1. The summed E-state index contributed by atoms with van der Waals surface area (Å²) >= 11 is 0. The van der Waals surface area contributed by atoms with Crippen LogP contribution in [0.4, 0.5) is 0 Å². The van der Waals surface area contributed by atoms with Crippen molar-refractivity contribution in [2.75, 3.05) is 0 Å². The lowest BCUT2D eigenvalue weighted by Crippen LogP contribution is -2.08. The van der Waals surface area contributed by atoms with Crippen LogP contribution in [0.5, 0.6) is 0 Å². The van der Waals surface area contributed by atoms with Crippen LogP contribution in [0.3, 0.4) is 0 Å². The average Bonchev–Trinajstić information content (AvgIpc) is 3.51. The van der Waals surface area contributed by atoms with Gasteiger partial charge < -0.3 is 14.2 Å². The molecule has 1 aliphatic heterocycles. The van der Waals surface area contributed by atoms with E-state index in [0.29, 0.717) is 12.1 Å². The van der Waals surface area contributed by atoms with Crippen molar-refractivity contribution < 1.29 is 9.90 Å². The molecule has 1 N–H and O–H groups in total. The minimum atomic E-state index is -0.913. The molecule has 6 nitrogen and oxygen atoms in total. The largest absolute Gasteiger partial charge is 0.478 e. The second-order valence-corrected chi connectivity index (χ2v) is 10.3. The number of hydrogen-bond donors (Lipinski definition) is 1. The van der Waals surface area contributed by atoms with E-state index in [0.717, 1.165) is 70.6 Å². The third-order valence-electron chi connectivity index (χ3n) is 7.56. The molecular weight excluding hydrogens is 472 g/mol. The predicted octanol–water partition coefficient (Wildman–Crippen LogP) is 6.91. The number of carboxylic acid groups (broad SMARTS) is 1. The van der Waals surface area contributed by atoms with Crippen LogP contribution in [-0.2, 0) is 25.9 Å². The summed E-state index contributed by atoms with van der Waals surface area (Å²) < 4.78 is 4.65. The first-order chi connectivity index (χ1) is 18.5. The van der Waals surface area contributed by atoms with E-state index in [1.54, 1.807) is 12.1 Å². The second-order valence-electron chi connectivity index (χ2n) is 10.3. The van der Waals surface area contributed by atoms with Gasteiger partial charge in [-0.25, -0.2) is 14.8 Å². The zero-order valence-corrected chi connectivity index (χ0v) is 21.9. The van der Waals surface area contributed by atoms with E-state index in [1.165, 1.54) is 24.2 Å². The summed E-state index contributed by atoms with van der Waals surface area (Å²) in [5.41, 5.74) is 8.63. The molecule has 0 saturated carbocycles. The molecular formula is C32H32N4O2. The highest BCUT2D eigenvalue weighted by atomic mass is 16.4. The van der Waals surface area contributed by atoms with Gasteiger partial charge in [0.1, 0.15) is 11.6 Å². The Morgan fingerprint density at radius 1 is 1.00 bits per heavy atom. The van der Waals surface area contributed by atoms with Crippen LogP contribution >= 0.6 is 0 Å². The highest BCUT2D eigenvalue weighted by Crippen LogP contribution is 2.31. The Morgan fingerprint density at radius 3 is 2.58 bits per heavy atom. The van der Waals surface area contributed by atoms with Crippen LogP contribution in [0.25, 0.3) is 33.4 Å². The van der Waals surface area contributed by atoms with Crippen molar-refractivity contribution in [3.05, 3.63) is 95.2 Å². The molecule has 3 aromatic carbocycles. The van der Waals surface area contributed by atoms with Crippen molar-refractivity contribution in [3.63, 3.8) is 0 Å². The molecule has 0 fully saturated rings. The van der Waals surface area contributed by atoms with Gasteiger partial charge in [-0.1, -0.05) is 49.4 Å². The summed E-state index contributed by atoms with van der Waals surface area (Å²) in [5, 5.41) is 9.59. The molecule has 0 radical (unpaired) electrons. The fourth-order valence-electron chi connectivity index (χ4n) is 5.62. The van der Waals surface area contributed by atoms with Gasteiger partial charge in [0.05, 0.1) is 22.3 Å². The molecule has 0 atom stereocenters. The molecule has 0 saturated heterocycles. The lowest BCUT2D eigenvalue weighted by atomic mass is 9.98. The fourth-order valence-corrected chi connectivity index (χ4v) is 5.62. The Bertz CT molecular complexity index is 1620. The van der Waals surface area contributed by atoms with Crippen molar-refractivity contribution in [1.29, 1.82) is 0 Å². The van der Waals surface area contributed by atoms with Crippen LogP contribution in [0.1, 0.15) is 59.3 Å². The van der Waals surface area contributed by atoms with Gasteiger partial charge in [0.25, 0.3) is 0 Å². The zero-order chi connectivity index (χ0) is 26.2. The molecule has 0 bridgehead atoms. The minimum absolute atomic E-state index is 0.315. The summed E-state index contributed by atoms with van der Waals surface area (Å²) in [4.78, 5) is 21.7. The fraction of sp³-hybridized carbons (Fsp3) is 0.281. The van der Waals surface area contributed by atoms with E-state index in [-0.39, 0.29) is 0 Å². The summed E-state index contributed by atoms with van der Waals surface area (Å²) in [5.74, 6) is 1.37. The summed E-state index contributed by atoms with van der Waals surface area (Å²) in [6.45, 7) is 6.08. The number of aromatic nitrogens is 4. The van der Waals surface area contributed by atoms with Gasteiger partial charge in [0.15, 0.2) is 0 Å². The molecule has 38 heavy (non-hydrogen) atoms. The van der Waals surface area contributed by atoms with Crippen molar-refractivity contribution in [1.82, 2.24) is 19.1 Å². The van der Waals surface area contributed by atoms with Gasteiger partial charge in [0, 0.05) is 37.7 Å². The van der Waals surface area contributed by atoms with Gasteiger partial charge in [-0.3, -0.25) is 0 Å². The summed E-state index contributed by atoms with van der Waals surface area (Å²) in [7, 11) is 0. The number of carbonyl (C=O) groups is 1. The van der Waals surface area contributed by atoms with E-state index in [2.05, 4.69) is 53.4 Å². The lowest BCUT2D eigenvalue weighted by molar-refractivity contribution is 0.0697. The number of benzene rings is 3. The molecule has 2 aromatic heterocycles. The Kier molecular flexibility index (Phi) is 6.32. The summed E-state index contributed by atoms with van der Waals surface area (Å²) in [6, 6.07) is 19.8. The SMILES string of the molecule is CCCc1nc2c(C)cc(-c3cn4c(n3)CCCC4)cc2n1Cc1ccc(-c2ccccc2C(=O)O)cc1. The van der Waals surface area contributed by atoms with Gasteiger partial charge >= 0.3 is 5.97 Å². The van der Waals surface area contributed by atoms with Gasteiger partial charge in [0.2, 0.25) is 0 Å². The molecule has 6 heteroatoms. The number of aromatic carboxylic acids is 1. The maximum atomic E-state index is 11.7. The molecule has 1 aliphatic rings. The van der Waals surface area contributed by atoms with Crippen LogP contribution in [0, 0.1) is 6.92 Å². The number of imidazole rings is 2. The Morgan fingerprint density at radius 2 is 1.82 bits per heavy atom. The lowest BCUT2D eigenvalue weighted by Gasteiger charge is -2.12. The number of fused-ring (bicyclic) bond motifs is 2. The van der Waals surface area contributed by atoms with E-state index in [4.69, 9.17) is 9.97 Å². The quantitative estimate of drug-likeness (QED) is 0.261. The smallest absolute Gasteiger partial charge is 0.336 e. The second kappa shape index (κ2) is 9.93. The standard InChI is InChI=1S/C32H32N4O2/c1-3-8-30-34-31-21(2)17-24(27-20-35-16-7-6-11-29(35)33-27)18-28(31)36(30)19-22-12-14-23(15-13-22)25-9-4-5-10-26(25)32(37)38/h4-5,9-10,12-15,17-18,20H,3,6-8,11,16,19H2,1-2H3,(H,37,38). The average molecular weight is 505 g/mol. The molecule has 0 spiro atoms. The third-order valence-corrected chi connectivity index (χ3v) is 7.56. The molecule has 3 heterocycles. The van der Waals surface area contributed by atoms with Crippen LogP contribution in [-0.4, -0.2) is 30.2 Å². The maximum absolute atomic E-state index is 11.7. The number of hydrogen-bond acceptors (Lipinski definition) is 3. The monoisotopic (exact) mass is 504 g/mol. The van der Waals surface area contributed by atoms with E-state index in [1.807, 2.05) is 24.3 Å². The molecule has 5 aromatic rings. The first kappa shape index (κ1) is 24.2.